The normalized spacial score (nSPS) is 10.4. The molecular weight excluding hydrogens is 325 g/mol. The van der Waals surface area contributed by atoms with Gasteiger partial charge in [-0.15, -0.1) is 0 Å². The molecule has 0 aliphatic heterocycles. The van der Waals surface area contributed by atoms with Crippen molar-refractivity contribution in [2.24, 2.45) is 0 Å². The van der Waals surface area contributed by atoms with Gasteiger partial charge in [-0.3, -0.25) is 4.79 Å². The zero-order chi connectivity index (χ0) is 17.2. The van der Waals surface area contributed by atoms with E-state index in [1.165, 1.54) is 6.07 Å². The highest BCUT2D eigenvalue weighted by molar-refractivity contribution is 7.98. The molecule has 1 N–H and O–H groups in total. The Kier molecular flexibility index (Phi) is 7.62. The number of hydrogen-bond acceptors (Lipinski definition) is 3. The van der Waals surface area contributed by atoms with E-state index in [4.69, 9.17) is 4.74 Å². The van der Waals surface area contributed by atoms with Gasteiger partial charge in [-0.2, -0.15) is 11.8 Å². The summed E-state index contributed by atoms with van der Waals surface area (Å²) in [5, 5.41) is 2.90. The summed E-state index contributed by atoms with van der Waals surface area (Å²) in [6, 6.07) is 14.5. The van der Waals surface area contributed by atoms with Crippen LogP contribution in [0.25, 0.3) is 0 Å². The molecule has 0 saturated heterocycles. The van der Waals surface area contributed by atoms with Crippen LogP contribution in [0.2, 0.25) is 0 Å². The van der Waals surface area contributed by atoms with Crippen LogP contribution in [0.1, 0.15) is 17.5 Å². The summed E-state index contributed by atoms with van der Waals surface area (Å²) in [6.07, 6.45) is 1.17. The van der Waals surface area contributed by atoms with Gasteiger partial charge in [-0.05, 0) is 35.7 Å². The maximum atomic E-state index is 13.4. The highest BCUT2D eigenvalue weighted by Crippen LogP contribution is 2.15. The van der Waals surface area contributed by atoms with Crippen LogP contribution in [0, 0.1) is 5.82 Å². The average molecular weight is 347 g/mol. The first-order valence-corrected chi connectivity index (χ1v) is 9.05. The van der Waals surface area contributed by atoms with Gasteiger partial charge in [0.25, 0.3) is 0 Å². The summed E-state index contributed by atoms with van der Waals surface area (Å²) in [5.74, 6) is 2.07. The zero-order valence-corrected chi connectivity index (χ0v) is 14.6. The lowest BCUT2D eigenvalue weighted by Gasteiger charge is -2.06. The Morgan fingerprint density at radius 1 is 1.17 bits per heavy atom. The molecule has 0 unspecified atom stereocenters. The molecule has 0 bridgehead atoms. The van der Waals surface area contributed by atoms with E-state index in [2.05, 4.69) is 5.32 Å². The van der Waals surface area contributed by atoms with Crippen molar-refractivity contribution in [1.29, 1.82) is 0 Å². The van der Waals surface area contributed by atoms with Crippen molar-refractivity contribution in [2.75, 3.05) is 19.4 Å². The lowest BCUT2D eigenvalue weighted by Crippen LogP contribution is -2.25. The van der Waals surface area contributed by atoms with Crippen molar-refractivity contribution in [1.82, 2.24) is 5.32 Å². The number of methoxy groups -OCH3 is 1. The first kappa shape index (κ1) is 18.3. The van der Waals surface area contributed by atoms with E-state index in [9.17, 15) is 9.18 Å². The minimum atomic E-state index is -0.173. The molecule has 0 atom stereocenters. The topological polar surface area (TPSA) is 38.3 Å². The van der Waals surface area contributed by atoms with E-state index < -0.39 is 0 Å². The van der Waals surface area contributed by atoms with Crippen LogP contribution in [0.5, 0.6) is 5.75 Å². The molecule has 0 saturated carbocycles. The molecule has 2 aromatic carbocycles. The van der Waals surface area contributed by atoms with Crippen molar-refractivity contribution in [3.63, 3.8) is 0 Å². The van der Waals surface area contributed by atoms with Crippen LogP contribution in [0.3, 0.4) is 0 Å². The molecule has 0 fully saturated rings. The molecule has 0 spiro atoms. The largest absolute Gasteiger partial charge is 0.497 e. The lowest BCUT2D eigenvalue weighted by atomic mass is 10.1. The summed E-state index contributed by atoms with van der Waals surface area (Å²) in [5.41, 5.74) is 1.81. The predicted octanol–water partition coefficient (Wildman–Crippen LogP) is 3.82. The number of rotatable bonds is 9. The fourth-order valence-corrected chi connectivity index (χ4v) is 3.04. The summed E-state index contributed by atoms with van der Waals surface area (Å²) < 4.78 is 18.6. The molecule has 2 aromatic rings. The van der Waals surface area contributed by atoms with Gasteiger partial charge in [0.15, 0.2) is 0 Å². The van der Waals surface area contributed by atoms with Crippen LogP contribution in [0.15, 0.2) is 48.5 Å². The third-order valence-corrected chi connectivity index (χ3v) is 4.59. The highest BCUT2D eigenvalue weighted by atomic mass is 32.2. The molecule has 24 heavy (non-hydrogen) atoms. The van der Waals surface area contributed by atoms with Crippen LogP contribution in [-0.4, -0.2) is 25.3 Å². The van der Waals surface area contributed by atoms with E-state index in [1.54, 1.807) is 31.0 Å². The standard InChI is InChI=1S/C19H22FNO2S/c1-23-17-9-6-15(7-10-17)8-11-19(22)21-12-13-24-14-16-4-2-3-5-18(16)20/h2-7,9-10H,8,11-14H2,1H3,(H,21,22). The number of benzene rings is 2. The van der Waals surface area contributed by atoms with Gasteiger partial charge in [0.1, 0.15) is 11.6 Å². The van der Waals surface area contributed by atoms with Gasteiger partial charge in [-0.1, -0.05) is 30.3 Å². The number of thioether (sulfide) groups is 1. The number of amides is 1. The van der Waals surface area contributed by atoms with Crippen molar-refractivity contribution in [3.05, 3.63) is 65.5 Å². The summed E-state index contributed by atoms with van der Waals surface area (Å²) >= 11 is 1.61. The highest BCUT2D eigenvalue weighted by Gasteiger charge is 2.03. The average Bonchev–Trinajstić information content (AvgIpc) is 2.61. The number of halogens is 1. The van der Waals surface area contributed by atoms with E-state index in [0.29, 0.717) is 30.7 Å². The van der Waals surface area contributed by atoms with Crippen LogP contribution >= 0.6 is 11.8 Å². The molecule has 2 rings (SSSR count). The molecular formula is C19H22FNO2S. The third-order valence-electron chi connectivity index (χ3n) is 3.58. The Morgan fingerprint density at radius 2 is 1.92 bits per heavy atom. The third kappa shape index (κ3) is 6.24. The first-order chi connectivity index (χ1) is 11.7. The van der Waals surface area contributed by atoms with Gasteiger partial charge >= 0.3 is 0 Å². The molecule has 0 heterocycles. The van der Waals surface area contributed by atoms with Crippen LogP contribution in [-0.2, 0) is 17.0 Å². The Bertz CT molecular complexity index is 646. The van der Waals surface area contributed by atoms with Gasteiger partial charge in [0.05, 0.1) is 7.11 Å². The van der Waals surface area contributed by atoms with Gasteiger partial charge in [0, 0.05) is 24.5 Å². The zero-order valence-electron chi connectivity index (χ0n) is 13.8. The smallest absolute Gasteiger partial charge is 0.220 e. The predicted molar refractivity (Wildman–Crippen MR) is 96.9 cm³/mol. The lowest BCUT2D eigenvalue weighted by molar-refractivity contribution is -0.120. The van der Waals surface area contributed by atoms with E-state index >= 15 is 0 Å². The number of nitrogens with one attached hydrogen (secondary N) is 1. The molecule has 3 nitrogen and oxygen atoms in total. The van der Waals surface area contributed by atoms with Crippen LogP contribution in [0.4, 0.5) is 4.39 Å². The SMILES string of the molecule is COc1ccc(CCC(=O)NCCSCc2ccccc2F)cc1. The quantitative estimate of drug-likeness (QED) is 0.701. The number of hydrogen-bond donors (Lipinski definition) is 1. The molecule has 128 valence electrons. The minimum absolute atomic E-state index is 0.0392. The van der Waals surface area contributed by atoms with E-state index in [1.807, 2.05) is 30.3 Å². The maximum Gasteiger partial charge on any atom is 0.220 e. The minimum Gasteiger partial charge on any atom is -0.497 e. The molecule has 1 amide bonds. The Morgan fingerprint density at radius 3 is 2.62 bits per heavy atom. The fraction of sp³-hybridized carbons (Fsp3) is 0.316. The van der Waals surface area contributed by atoms with Gasteiger partial charge < -0.3 is 10.1 Å². The number of ether oxygens (including phenoxy) is 1. The number of carbonyl (C=O) groups excluding carboxylic acids is 1. The van der Waals surface area contributed by atoms with E-state index in [-0.39, 0.29) is 11.7 Å². The van der Waals surface area contributed by atoms with Crippen LogP contribution < -0.4 is 10.1 Å². The summed E-state index contributed by atoms with van der Waals surface area (Å²) in [6.45, 7) is 0.598. The van der Waals surface area contributed by atoms with E-state index in [0.717, 1.165) is 17.1 Å². The summed E-state index contributed by atoms with van der Waals surface area (Å²) in [7, 11) is 1.63. The second-order valence-corrected chi connectivity index (χ2v) is 6.45. The Labute approximate surface area is 146 Å². The molecule has 5 heteroatoms. The Balaban J connectivity index is 1.58. The maximum absolute atomic E-state index is 13.4. The summed E-state index contributed by atoms with van der Waals surface area (Å²) in [4.78, 5) is 11.8. The van der Waals surface area contributed by atoms with Crippen molar-refractivity contribution in [2.45, 2.75) is 18.6 Å². The van der Waals surface area contributed by atoms with Crippen molar-refractivity contribution >= 4 is 17.7 Å². The van der Waals surface area contributed by atoms with Gasteiger partial charge in [-0.25, -0.2) is 4.39 Å². The fourth-order valence-electron chi connectivity index (χ4n) is 2.20. The Hall–Kier alpha value is -2.01. The van der Waals surface area contributed by atoms with Gasteiger partial charge in [0.2, 0.25) is 5.91 Å². The monoisotopic (exact) mass is 347 g/mol. The first-order valence-electron chi connectivity index (χ1n) is 7.90. The second kappa shape index (κ2) is 9.98. The second-order valence-electron chi connectivity index (χ2n) is 5.34. The van der Waals surface area contributed by atoms with Crippen molar-refractivity contribution < 1.29 is 13.9 Å². The molecule has 0 aliphatic rings. The number of carbonyl (C=O) groups is 1. The molecule has 0 aromatic heterocycles. The molecule has 0 radical (unpaired) electrons. The molecule has 0 aliphatic carbocycles. The number of aryl methyl sites for hydroxylation is 1. The van der Waals surface area contributed by atoms with Crippen molar-refractivity contribution in [3.8, 4) is 5.75 Å².